The number of amides is 2. The SMILES string of the molecule is O=C(NC1CCN(c2ccccn2)C1)NC(CO)c1ccccc1. The predicted molar refractivity (Wildman–Crippen MR) is 92.8 cm³/mol. The van der Waals surface area contributed by atoms with E-state index in [9.17, 15) is 9.90 Å². The van der Waals surface area contributed by atoms with Crippen LogP contribution in [0.4, 0.5) is 10.6 Å². The maximum absolute atomic E-state index is 12.2. The molecule has 3 N–H and O–H groups in total. The normalized spacial score (nSPS) is 18.2. The van der Waals surface area contributed by atoms with Crippen molar-refractivity contribution in [2.45, 2.75) is 18.5 Å². The molecule has 2 atom stereocenters. The Labute approximate surface area is 141 Å². The number of aliphatic hydroxyl groups is 1. The number of nitrogens with zero attached hydrogens (tertiary/aromatic N) is 2. The van der Waals surface area contributed by atoms with Gasteiger partial charge in [0, 0.05) is 25.3 Å². The number of anilines is 1. The first-order valence-corrected chi connectivity index (χ1v) is 8.15. The average Bonchev–Trinajstić information content (AvgIpc) is 3.09. The minimum atomic E-state index is -0.403. The van der Waals surface area contributed by atoms with E-state index < -0.39 is 6.04 Å². The third kappa shape index (κ3) is 4.02. The van der Waals surface area contributed by atoms with Crippen LogP contribution >= 0.6 is 0 Å². The minimum absolute atomic E-state index is 0.0714. The third-order valence-corrected chi connectivity index (χ3v) is 4.19. The van der Waals surface area contributed by atoms with E-state index in [2.05, 4.69) is 20.5 Å². The number of aromatic nitrogens is 1. The van der Waals surface area contributed by atoms with E-state index in [1.165, 1.54) is 0 Å². The van der Waals surface area contributed by atoms with Crippen LogP contribution in [0.25, 0.3) is 0 Å². The van der Waals surface area contributed by atoms with Gasteiger partial charge in [0.25, 0.3) is 0 Å². The first-order chi connectivity index (χ1) is 11.8. The lowest BCUT2D eigenvalue weighted by Crippen LogP contribution is -2.45. The van der Waals surface area contributed by atoms with Gasteiger partial charge in [0.05, 0.1) is 12.6 Å². The minimum Gasteiger partial charge on any atom is -0.394 e. The van der Waals surface area contributed by atoms with Crippen molar-refractivity contribution in [1.82, 2.24) is 15.6 Å². The standard InChI is InChI=1S/C18H22N4O2/c23-13-16(14-6-2-1-3-7-14)21-18(24)20-15-9-11-22(12-15)17-8-4-5-10-19-17/h1-8,10,15-16,23H,9,11-13H2,(H2,20,21,24). The molecule has 2 amide bonds. The molecule has 0 spiro atoms. The number of hydrogen-bond acceptors (Lipinski definition) is 4. The summed E-state index contributed by atoms with van der Waals surface area (Å²) in [5, 5.41) is 15.3. The van der Waals surface area contributed by atoms with Crippen molar-refractivity contribution < 1.29 is 9.90 Å². The van der Waals surface area contributed by atoms with E-state index in [0.29, 0.717) is 0 Å². The molecule has 1 aliphatic rings. The van der Waals surface area contributed by atoms with Gasteiger partial charge in [-0.1, -0.05) is 36.4 Å². The van der Waals surface area contributed by atoms with Gasteiger partial charge >= 0.3 is 6.03 Å². The van der Waals surface area contributed by atoms with E-state index in [0.717, 1.165) is 30.9 Å². The first kappa shape index (κ1) is 16.3. The van der Waals surface area contributed by atoms with Gasteiger partial charge in [-0.3, -0.25) is 0 Å². The Morgan fingerprint density at radius 1 is 1.25 bits per heavy atom. The molecule has 1 saturated heterocycles. The van der Waals surface area contributed by atoms with Crippen LogP contribution in [0.1, 0.15) is 18.0 Å². The molecular formula is C18H22N4O2. The summed E-state index contributed by atoms with van der Waals surface area (Å²) in [5.41, 5.74) is 0.886. The second-order valence-electron chi connectivity index (χ2n) is 5.88. The van der Waals surface area contributed by atoms with Crippen LogP contribution in [0.5, 0.6) is 0 Å². The molecule has 3 rings (SSSR count). The van der Waals surface area contributed by atoms with Crippen molar-refractivity contribution in [3.05, 3.63) is 60.3 Å². The number of pyridine rings is 1. The van der Waals surface area contributed by atoms with Crippen LogP contribution in [-0.4, -0.2) is 41.9 Å². The summed E-state index contributed by atoms with van der Waals surface area (Å²) in [7, 11) is 0. The molecule has 24 heavy (non-hydrogen) atoms. The molecule has 1 aromatic heterocycles. The number of benzene rings is 1. The van der Waals surface area contributed by atoms with Gasteiger partial charge in [0.15, 0.2) is 0 Å². The number of nitrogens with one attached hydrogen (secondary N) is 2. The lowest BCUT2D eigenvalue weighted by Gasteiger charge is -2.20. The summed E-state index contributed by atoms with van der Waals surface area (Å²) in [4.78, 5) is 18.7. The van der Waals surface area contributed by atoms with Crippen molar-refractivity contribution in [1.29, 1.82) is 0 Å². The zero-order valence-electron chi connectivity index (χ0n) is 13.4. The van der Waals surface area contributed by atoms with Gasteiger partial charge in [-0.25, -0.2) is 9.78 Å². The summed E-state index contributed by atoms with van der Waals surface area (Å²) >= 11 is 0. The van der Waals surface area contributed by atoms with Crippen molar-refractivity contribution in [3.63, 3.8) is 0 Å². The third-order valence-electron chi connectivity index (χ3n) is 4.19. The Bertz CT molecular complexity index is 651. The smallest absolute Gasteiger partial charge is 0.315 e. The van der Waals surface area contributed by atoms with Crippen LogP contribution in [0, 0.1) is 0 Å². The maximum atomic E-state index is 12.2. The molecule has 6 nitrogen and oxygen atoms in total. The van der Waals surface area contributed by atoms with Crippen LogP contribution in [0.3, 0.4) is 0 Å². The molecule has 0 bridgehead atoms. The number of aliphatic hydroxyl groups excluding tert-OH is 1. The highest BCUT2D eigenvalue weighted by Gasteiger charge is 2.25. The molecule has 126 valence electrons. The Morgan fingerprint density at radius 3 is 2.75 bits per heavy atom. The molecule has 1 fully saturated rings. The van der Waals surface area contributed by atoms with E-state index in [4.69, 9.17) is 0 Å². The van der Waals surface area contributed by atoms with Gasteiger partial charge in [0.1, 0.15) is 5.82 Å². The number of rotatable bonds is 5. The van der Waals surface area contributed by atoms with Crippen LogP contribution < -0.4 is 15.5 Å². The van der Waals surface area contributed by atoms with Crippen molar-refractivity contribution in [3.8, 4) is 0 Å². The molecule has 0 radical (unpaired) electrons. The molecule has 2 unspecified atom stereocenters. The summed E-state index contributed by atoms with van der Waals surface area (Å²) in [5.74, 6) is 0.930. The topological polar surface area (TPSA) is 77.5 Å². The predicted octanol–water partition coefficient (Wildman–Crippen LogP) is 1.69. The fourth-order valence-corrected chi connectivity index (χ4v) is 2.93. The largest absolute Gasteiger partial charge is 0.394 e. The Hall–Kier alpha value is -2.60. The van der Waals surface area contributed by atoms with Crippen LogP contribution in [0.2, 0.25) is 0 Å². The van der Waals surface area contributed by atoms with Gasteiger partial charge in [-0.15, -0.1) is 0 Å². The van der Waals surface area contributed by atoms with E-state index in [1.807, 2.05) is 48.5 Å². The summed E-state index contributed by atoms with van der Waals surface area (Å²) in [6.45, 7) is 1.46. The van der Waals surface area contributed by atoms with E-state index in [-0.39, 0.29) is 18.7 Å². The molecule has 0 saturated carbocycles. The van der Waals surface area contributed by atoms with Crippen molar-refractivity contribution >= 4 is 11.8 Å². The molecule has 2 heterocycles. The second kappa shape index (κ2) is 7.79. The number of carbonyl (C=O) groups excluding carboxylic acids is 1. The van der Waals surface area contributed by atoms with Gasteiger partial charge in [-0.05, 0) is 24.1 Å². The first-order valence-electron chi connectivity index (χ1n) is 8.15. The Morgan fingerprint density at radius 2 is 2.04 bits per heavy atom. The monoisotopic (exact) mass is 326 g/mol. The zero-order valence-corrected chi connectivity index (χ0v) is 13.4. The second-order valence-corrected chi connectivity index (χ2v) is 5.88. The van der Waals surface area contributed by atoms with E-state index >= 15 is 0 Å². The summed E-state index contributed by atoms with van der Waals surface area (Å²) in [6, 6.07) is 14.7. The fraction of sp³-hybridized carbons (Fsp3) is 0.333. The number of carbonyl (C=O) groups is 1. The lowest BCUT2D eigenvalue weighted by atomic mass is 10.1. The Balaban J connectivity index is 1.52. The molecule has 1 aromatic carbocycles. The van der Waals surface area contributed by atoms with Gasteiger partial charge in [0.2, 0.25) is 0 Å². The summed E-state index contributed by atoms with van der Waals surface area (Å²) < 4.78 is 0. The average molecular weight is 326 g/mol. The molecule has 1 aliphatic heterocycles. The van der Waals surface area contributed by atoms with Gasteiger partial charge < -0.3 is 20.6 Å². The molecule has 0 aliphatic carbocycles. The highest BCUT2D eigenvalue weighted by molar-refractivity contribution is 5.75. The Kier molecular flexibility index (Phi) is 5.28. The van der Waals surface area contributed by atoms with Crippen LogP contribution in [0.15, 0.2) is 54.7 Å². The fourth-order valence-electron chi connectivity index (χ4n) is 2.93. The number of urea groups is 1. The summed E-state index contributed by atoms with van der Waals surface area (Å²) in [6.07, 6.45) is 2.65. The van der Waals surface area contributed by atoms with Crippen molar-refractivity contribution in [2.24, 2.45) is 0 Å². The van der Waals surface area contributed by atoms with E-state index in [1.54, 1.807) is 6.20 Å². The maximum Gasteiger partial charge on any atom is 0.315 e. The highest BCUT2D eigenvalue weighted by Crippen LogP contribution is 2.17. The van der Waals surface area contributed by atoms with Crippen LogP contribution in [-0.2, 0) is 0 Å². The zero-order chi connectivity index (χ0) is 16.8. The van der Waals surface area contributed by atoms with Gasteiger partial charge in [-0.2, -0.15) is 0 Å². The molecule has 6 heteroatoms. The van der Waals surface area contributed by atoms with Crippen molar-refractivity contribution in [2.75, 3.05) is 24.6 Å². The quantitative estimate of drug-likeness (QED) is 0.781. The molecular weight excluding hydrogens is 304 g/mol. The lowest BCUT2D eigenvalue weighted by molar-refractivity contribution is 0.214. The molecule has 2 aromatic rings. The highest BCUT2D eigenvalue weighted by atomic mass is 16.3. The number of hydrogen-bond donors (Lipinski definition) is 3.